The van der Waals surface area contributed by atoms with Crippen molar-refractivity contribution in [2.45, 2.75) is 25.9 Å². The van der Waals surface area contributed by atoms with E-state index in [2.05, 4.69) is 11.3 Å². The van der Waals surface area contributed by atoms with Crippen molar-refractivity contribution < 1.29 is 14.6 Å². The summed E-state index contributed by atoms with van der Waals surface area (Å²) in [4.78, 5) is 10.8. The summed E-state index contributed by atoms with van der Waals surface area (Å²) in [6.45, 7) is 6.53. The first-order valence-electron chi connectivity index (χ1n) is 3.49. The minimum atomic E-state index is -1.39. The third-order valence-corrected chi connectivity index (χ3v) is 1.05. The molecule has 0 aromatic rings. The summed E-state index contributed by atoms with van der Waals surface area (Å²) in [5.74, 6) is -0.598. The van der Waals surface area contributed by atoms with E-state index in [0.717, 1.165) is 0 Å². The van der Waals surface area contributed by atoms with Crippen LogP contribution in [0, 0.1) is 0 Å². The molecule has 0 radical (unpaired) electrons. The van der Waals surface area contributed by atoms with Gasteiger partial charge in [-0.15, -0.1) is 6.58 Å². The Bertz CT molecular complexity index is 144. The van der Waals surface area contributed by atoms with Gasteiger partial charge in [0.2, 0.25) is 0 Å². The highest BCUT2D eigenvalue weighted by Gasteiger charge is 2.24. The summed E-state index contributed by atoms with van der Waals surface area (Å²) < 4.78 is 4.69. The maximum atomic E-state index is 10.8. The zero-order chi connectivity index (χ0) is 8.91. The Morgan fingerprint density at radius 1 is 1.73 bits per heavy atom. The van der Waals surface area contributed by atoms with Crippen LogP contribution in [0.2, 0.25) is 0 Å². The molecule has 0 bridgehead atoms. The van der Waals surface area contributed by atoms with E-state index in [1.165, 1.54) is 13.8 Å². The highest BCUT2D eigenvalue weighted by Crippen LogP contribution is 2.03. The monoisotopic (exact) mass is 158 g/mol. The smallest absolute Gasteiger partial charge is 0.337 e. The molecule has 0 spiro atoms. The largest absolute Gasteiger partial charge is 0.463 e. The molecule has 0 unspecified atom stereocenters. The predicted octanol–water partition coefficient (Wildman–Crippen LogP) is 0.877. The van der Waals surface area contributed by atoms with Crippen LogP contribution in [0.1, 0.15) is 20.3 Å². The topological polar surface area (TPSA) is 46.5 Å². The van der Waals surface area contributed by atoms with Crippen molar-refractivity contribution in [1.82, 2.24) is 0 Å². The van der Waals surface area contributed by atoms with Crippen LogP contribution in [0.5, 0.6) is 0 Å². The molecule has 0 saturated carbocycles. The Kier molecular flexibility index (Phi) is 3.82. The SMILES string of the molecule is C=CCCOC(=O)C(C)(C)O. The molecular weight excluding hydrogens is 144 g/mol. The van der Waals surface area contributed by atoms with Gasteiger partial charge in [-0.05, 0) is 20.3 Å². The number of hydrogen-bond donors (Lipinski definition) is 1. The Labute approximate surface area is 66.7 Å². The summed E-state index contributed by atoms with van der Waals surface area (Å²) in [7, 11) is 0. The Morgan fingerprint density at radius 2 is 2.27 bits per heavy atom. The quantitative estimate of drug-likeness (QED) is 0.375. The van der Waals surface area contributed by atoms with Gasteiger partial charge in [-0.2, -0.15) is 0 Å². The van der Waals surface area contributed by atoms with Crippen LogP contribution in [0.4, 0.5) is 0 Å². The average molecular weight is 158 g/mol. The molecule has 0 fully saturated rings. The number of esters is 1. The first kappa shape index (κ1) is 10.2. The molecule has 0 amide bonds. The third-order valence-electron chi connectivity index (χ3n) is 1.05. The van der Waals surface area contributed by atoms with Gasteiger partial charge in [-0.25, -0.2) is 4.79 Å². The third kappa shape index (κ3) is 4.56. The number of carbonyl (C=O) groups excluding carboxylic acids is 1. The lowest BCUT2D eigenvalue weighted by atomic mass is 10.1. The first-order valence-corrected chi connectivity index (χ1v) is 3.49. The standard InChI is InChI=1S/C8H14O3/c1-4-5-6-11-7(9)8(2,3)10/h4,10H,1,5-6H2,2-3H3. The summed E-state index contributed by atoms with van der Waals surface area (Å²) >= 11 is 0. The fourth-order valence-electron chi connectivity index (χ4n) is 0.412. The summed E-state index contributed by atoms with van der Waals surface area (Å²) in [5, 5.41) is 9.09. The van der Waals surface area contributed by atoms with E-state index in [-0.39, 0.29) is 6.61 Å². The van der Waals surface area contributed by atoms with Crippen LogP contribution < -0.4 is 0 Å². The van der Waals surface area contributed by atoms with Crippen LogP contribution in [0.15, 0.2) is 12.7 Å². The number of rotatable bonds is 4. The maximum Gasteiger partial charge on any atom is 0.337 e. The van der Waals surface area contributed by atoms with E-state index in [1.54, 1.807) is 6.08 Å². The molecule has 0 atom stereocenters. The predicted molar refractivity (Wildman–Crippen MR) is 42.1 cm³/mol. The van der Waals surface area contributed by atoms with E-state index >= 15 is 0 Å². The van der Waals surface area contributed by atoms with Crippen LogP contribution in [0.3, 0.4) is 0 Å². The van der Waals surface area contributed by atoms with Gasteiger partial charge in [0.1, 0.15) is 0 Å². The highest BCUT2D eigenvalue weighted by atomic mass is 16.5. The number of aliphatic hydroxyl groups is 1. The minimum Gasteiger partial charge on any atom is -0.463 e. The zero-order valence-corrected chi connectivity index (χ0v) is 6.96. The second-order valence-electron chi connectivity index (χ2n) is 2.77. The Balaban J connectivity index is 3.62. The molecule has 11 heavy (non-hydrogen) atoms. The fourth-order valence-corrected chi connectivity index (χ4v) is 0.412. The van der Waals surface area contributed by atoms with Crippen molar-refractivity contribution in [1.29, 1.82) is 0 Å². The van der Waals surface area contributed by atoms with Gasteiger partial charge in [0.15, 0.2) is 5.60 Å². The molecule has 0 aromatic carbocycles. The fraction of sp³-hybridized carbons (Fsp3) is 0.625. The summed E-state index contributed by atoms with van der Waals surface area (Å²) in [6.07, 6.45) is 2.26. The van der Waals surface area contributed by atoms with Gasteiger partial charge in [0.25, 0.3) is 0 Å². The van der Waals surface area contributed by atoms with Gasteiger partial charge in [0, 0.05) is 0 Å². The van der Waals surface area contributed by atoms with E-state index in [4.69, 9.17) is 5.11 Å². The molecule has 0 saturated heterocycles. The molecule has 0 rings (SSSR count). The van der Waals surface area contributed by atoms with Gasteiger partial charge >= 0.3 is 5.97 Å². The van der Waals surface area contributed by atoms with E-state index in [9.17, 15) is 4.79 Å². The Morgan fingerprint density at radius 3 is 2.64 bits per heavy atom. The Hall–Kier alpha value is -0.830. The lowest BCUT2D eigenvalue weighted by Gasteiger charge is -2.14. The molecule has 1 N–H and O–H groups in total. The average Bonchev–Trinajstić information content (AvgIpc) is 1.86. The molecular formula is C8H14O3. The van der Waals surface area contributed by atoms with Gasteiger partial charge in [0.05, 0.1) is 6.61 Å². The minimum absolute atomic E-state index is 0.284. The molecule has 0 aromatic heterocycles. The second kappa shape index (κ2) is 4.13. The number of ether oxygens (including phenoxy) is 1. The molecule has 3 heteroatoms. The second-order valence-corrected chi connectivity index (χ2v) is 2.77. The van der Waals surface area contributed by atoms with Crippen molar-refractivity contribution in [2.75, 3.05) is 6.61 Å². The number of hydrogen-bond acceptors (Lipinski definition) is 3. The van der Waals surface area contributed by atoms with Crippen molar-refractivity contribution in [3.05, 3.63) is 12.7 Å². The normalized spacial score (nSPS) is 10.8. The van der Waals surface area contributed by atoms with Crippen molar-refractivity contribution in [3.8, 4) is 0 Å². The van der Waals surface area contributed by atoms with Crippen LogP contribution >= 0.6 is 0 Å². The van der Waals surface area contributed by atoms with Crippen LogP contribution in [-0.2, 0) is 9.53 Å². The maximum absolute atomic E-state index is 10.8. The molecule has 0 aliphatic carbocycles. The lowest BCUT2D eigenvalue weighted by molar-refractivity contribution is -0.161. The van der Waals surface area contributed by atoms with E-state index < -0.39 is 11.6 Å². The van der Waals surface area contributed by atoms with Crippen molar-refractivity contribution in [2.24, 2.45) is 0 Å². The van der Waals surface area contributed by atoms with Gasteiger partial charge in [-0.3, -0.25) is 0 Å². The van der Waals surface area contributed by atoms with Crippen molar-refractivity contribution in [3.63, 3.8) is 0 Å². The molecule has 0 aliphatic rings. The number of carbonyl (C=O) groups is 1. The first-order chi connectivity index (χ1) is 4.98. The van der Waals surface area contributed by atoms with Crippen LogP contribution in [-0.4, -0.2) is 23.3 Å². The summed E-state index contributed by atoms with van der Waals surface area (Å²) in [6, 6.07) is 0. The van der Waals surface area contributed by atoms with Crippen molar-refractivity contribution >= 4 is 5.97 Å². The summed E-state index contributed by atoms with van der Waals surface area (Å²) in [5.41, 5.74) is -1.39. The molecule has 0 heterocycles. The van der Waals surface area contributed by atoms with Gasteiger partial charge in [-0.1, -0.05) is 6.08 Å². The molecule has 0 aliphatic heterocycles. The van der Waals surface area contributed by atoms with Gasteiger partial charge < -0.3 is 9.84 Å². The lowest BCUT2D eigenvalue weighted by Crippen LogP contribution is -2.33. The zero-order valence-electron chi connectivity index (χ0n) is 6.96. The highest BCUT2D eigenvalue weighted by molar-refractivity contribution is 5.78. The molecule has 3 nitrogen and oxygen atoms in total. The van der Waals surface area contributed by atoms with Crippen LogP contribution in [0.25, 0.3) is 0 Å². The van der Waals surface area contributed by atoms with E-state index in [1.807, 2.05) is 0 Å². The molecule has 64 valence electrons. The van der Waals surface area contributed by atoms with E-state index in [0.29, 0.717) is 6.42 Å².